The number of amides is 1. The number of hydrogen-bond donors (Lipinski definition) is 2. The number of aromatic amines is 1. The van der Waals surface area contributed by atoms with Crippen molar-refractivity contribution in [3.8, 4) is 5.69 Å². The van der Waals surface area contributed by atoms with Gasteiger partial charge in [-0.2, -0.15) is 0 Å². The predicted molar refractivity (Wildman–Crippen MR) is 94.4 cm³/mol. The Bertz CT molecular complexity index is 804. The average molecular weight is 345 g/mol. The van der Waals surface area contributed by atoms with Gasteiger partial charge in [0.25, 0.3) is 5.91 Å². The van der Waals surface area contributed by atoms with Crippen molar-refractivity contribution in [2.45, 2.75) is 32.1 Å². The number of benzene rings is 1. The van der Waals surface area contributed by atoms with Crippen LogP contribution in [0.2, 0.25) is 0 Å². The predicted octanol–water partition coefficient (Wildman–Crippen LogP) is 4.29. The Labute approximate surface area is 145 Å². The number of allylic oxidation sites excluding steroid dienone is 1. The second-order valence-corrected chi connectivity index (χ2v) is 6.29. The van der Waals surface area contributed by atoms with Crippen molar-refractivity contribution in [3.05, 3.63) is 58.4 Å². The Morgan fingerprint density at radius 1 is 1.29 bits per heavy atom. The van der Waals surface area contributed by atoms with Gasteiger partial charge in [0.1, 0.15) is 11.5 Å². The second kappa shape index (κ2) is 7.57. The summed E-state index contributed by atoms with van der Waals surface area (Å²) in [5, 5.41) is 2.94. The summed E-state index contributed by atoms with van der Waals surface area (Å²) in [5.74, 6) is -0.518. The summed E-state index contributed by atoms with van der Waals surface area (Å²) < 4.78 is 15.1. The van der Waals surface area contributed by atoms with Gasteiger partial charge in [0.15, 0.2) is 4.77 Å². The molecule has 6 heteroatoms. The van der Waals surface area contributed by atoms with Crippen LogP contribution in [0.3, 0.4) is 0 Å². The first-order chi connectivity index (χ1) is 11.6. The molecule has 126 valence electrons. The third-order valence-corrected chi connectivity index (χ3v) is 4.51. The monoisotopic (exact) mass is 345 g/mol. The molecule has 0 saturated heterocycles. The number of imidazole rings is 1. The van der Waals surface area contributed by atoms with Gasteiger partial charge in [0.05, 0.1) is 0 Å². The first-order valence-corrected chi connectivity index (χ1v) is 8.58. The number of halogens is 1. The highest BCUT2D eigenvalue weighted by Crippen LogP contribution is 2.19. The standard InChI is InChI=1S/C18H20FN3OS/c19-14-6-8-15(9-7-14)22-16(12-21-18(22)24)17(23)20-11-10-13-4-2-1-3-5-13/h4,6-9,12H,1-3,5,10-11H2,(H,20,23)(H,21,24). The molecular formula is C18H20FN3OS. The van der Waals surface area contributed by atoms with Crippen molar-refractivity contribution >= 4 is 18.1 Å². The molecule has 1 amide bonds. The van der Waals surface area contributed by atoms with Gasteiger partial charge in [0.2, 0.25) is 0 Å². The van der Waals surface area contributed by atoms with Crippen LogP contribution >= 0.6 is 12.2 Å². The van der Waals surface area contributed by atoms with Gasteiger partial charge in [0, 0.05) is 18.4 Å². The largest absolute Gasteiger partial charge is 0.350 e. The van der Waals surface area contributed by atoms with Crippen molar-refractivity contribution in [1.82, 2.24) is 14.9 Å². The molecule has 0 radical (unpaired) electrons. The van der Waals surface area contributed by atoms with Gasteiger partial charge in [-0.15, -0.1) is 0 Å². The second-order valence-electron chi connectivity index (χ2n) is 5.90. The highest BCUT2D eigenvalue weighted by Gasteiger charge is 2.14. The zero-order chi connectivity index (χ0) is 16.9. The molecule has 1 aliphatic carbocycles. The van der Waals surface area contributed by atoms with Crippen molar-refractivity contribution < 1.29 is 9.18 Å². The van der Waals surface area contributed by atoms with Gasteiger partial charge in [-0.1, -0.05) is 11.6 Å². The Morgan fingerprint density at radius 2 is 2.08 bits per heavy atom. The molecule has 0 fully saturated rings. The van der Waals surface area contributed by atoms with E-state index in [1.54, 1.807) is 22.9 Å². The number of rotatable bonds is 5. The lowest BCUT2D eigenvalue weighted by Crippen LogP contribution is -2.27. The van der Waals surface area contributed by atoms with Crippen LogP contribution in [0, 0.1) is 10.6 Å². The minimum atomic E-state index is -0.326. The number of carbonyl (C=O) groups excluding carboxylic acids is 1. The van der Waals surface area contributed by atoms with Crippen LogP contribution in [-0.4, -0.2) is 22.0 Å². The van der Waals surface area contributed by atoms with Crippen LogP contribution in [0.1, 0.15) is 42.6 Å². The summed E-state index contributed by atoms with van der Waals surface area (Å²) in [4.78, 5) is 15.4. The smallest absolute Gasteiger partial charge is 0.269 e. The fraction of sp³-hybridized carbons (Fsp3) is 0.333. The molecule has 0 unspecified atom stereocenters. The molecule has 24 heavy (non-hydrogen) atoms. The van der Waals surface area contributed by atoms with Crippen LogP contribution < -0.4 is 5.32 Å². The molecule has 0 saturated carbocycles. The van der Waals surface area contributed by atoms with Crippen LogP contribution in [0.25, 0.3) is 5.69 Å². The Hall–Kier alpha value is -2.21. The summed E-state index contributed by atoms with van der Waals surface area (Å²) >= 11 is 5.25. The van der Waals surface area contributed by atoms with Crippen LogP contribution in [0.4, 0.5) is 4.39 Å². The van der Waals surface area contributed by atoms with Gasteiger partial charge in [-0.05, 0) is 68.6 Å². The van der Waals surface area contributed by atoms with Crippen molar-refractivity contribution in [1.29, 1.82) is 0 Å². The molecule has 2 N–H and O–H groups in total. The van der Waals surface area contributed by atoms with E-state index >= 15 is 0 Å². The van der Waals surface area contributed by atoms with Gasteiger partial charge >= 0.3 is 0 Å². The molecule has 2 aromatic rings. The Morgan fingerprint density at radius 3 is 2.79 bits per heavy atom. The number of aromatic nitrogens is 2. The summed E-state index contributed by atoms with van der Waals surface area (Å²) in [7, 11) is 0. The molecule has 1 heterocycles. The maximum atomic E-state index is 13.1. The Kier molecular flexibility index (Phi) is 5.25. The third kappa shape index (κ3) is 3.82. The molecule has 1 aromatic carbocycles. The van der Waals surface area contributed by atoms with Gasteiger partial charge < -0.3 is 10.3 Å². The fourth-order valence-electron chi connectivity index (χ4n) is 2.94. The third-order valence-electron chi connectivity index (χ3n) is 4.21. The molecule has 0 bridgehead atoms. The first kappa shape index (κ1) is 16.6. The normalized spacial score (nSPS) is 14.3. The molecule has 4 nitrogen and oxygen atoms in total. The van der Waals surface area contributed by atoms with E-state index < -0.39 is 0 Å². The number of H-pyrrole nitrogens is 1. The zero-order valence-corrected chi connectivity index (χ0v) is 14.2. The summed E-state index contributed by atoms with van der Waals surface area (Å²) in [6.07, 6.45) is 9.52. The highest BCUT2D eigenvalue weighted by atomic mass is 32.1. The first-order valence-electron chi connectivity index (χ1n) is 8.17. The molecular weight excluding hydrogens is 325 g/mol. The lowest BCUT2D eigenvalue weighted by molar-refractivity contribution is 0.0947. The zero-order valence-electron chi connectivity index (χ0n) is 13.3. The lowest BCUT2D eigenvalue weighted by atomic mass is 9.97. The van der Waals surface area contributed by atoms with E-state index in [1.807, 2.05) is 0 Å². The van der Waals surface area contributed by atoms with E-state index in [-0.39, 0.29) is 11.7 Å². The van der Waals surface area contributed by atoms with E-state index in [1.165, 1.54) is 30.5 Å². The lowest BCUT2D eigenvalue weighted by Gasteiger charge is -2.13. The fourth-order valence-corrected chi connectivity index (χ4v) is 3.20. The topological polar surface area (TPSA) is 49.8 Å². The molecule has 3 rings (SSSR count). The highest BCUT2D eigenvalue weighted by molar-refractivity contribution is 7.71. The van der Waals surface area contributed by atoms with Crippen LogP contribution in [0.15, 0.2) is 42.1 Å². The number of nitrogens with one attached hydrogen (secondary N) is 2. The quantitative estimate of drug-likeness (QED) is 0.627. The van der Waals surface area contributed by atoms with E-state index in [0.29, 0.717) is 22.7 Å². The molecule has 1 aromatic heterocycles. The van der Waals surface area contributed by atoms with Crippen molar-refractivity contribution in [2.24, 2.45) is 0 Å². The van der Waals surface area contributed by atoms with Gasteiger partial charge in [-0.3, -0.25) is 9.36 Å². The SMILES string of the molecule is O=C(NCCC1=CCCCC1)c1c[nH]c(=S)n1-c1ccc(F)cc1. The maximum absolute atomic E-state index is 13.1. The molecule has 1 aliphatic rings. The molecule has 0 atom stereocenters. The molecule has 0 aliphatic heterocycles. The number of carbonyl (C=O) groups is 1. The maximum Gasteiger partial charge on any atom is 0.269 e. The number of hydrogen-bond acceptors (Lipinski definition) is 2. The van der Waals surface area contributed by atoms with Crippen molar-refractivity contribution in [2.75, 3.05) is 6.54 Å². The average Bonchev–Trinajstić information content (AvgIpc) is 2.98. The van der Waals surface area contributed by atoms with E-state index in [0.717, 1.165) is 19.3 Å². The Balaban J connectivity index is 1.70. The minimum absolute atomic E-state index is 0.192. The number of nitrogens with zero attached hydrogens (tertiary/aromatic N) is 1. The summed E-state index contributed by atoms with van der Waals surface area (Å²) in [6.45, 7) is 0.603. The summed E-state index contributed by atoms with van der Waals surface area (Å²) in [5.41, 5.74) is 2.50. The molecule has 0 spiro atoms. The van der Waals surface area contributed by atoms with E-state index in [2.05, 4.69) is 16.4 Å². The van der Waals surface area contributed by atoms with E-state index in [4.69, 9.17) is 12.2 Å². The van der Waals surface area contributed by atoms with E-state index in [9.17, 15) is 9.18 Å². The van der Waals surface area contributed by atoms with Crippen LogP contribution in [-0.2, 0) is 0 Å². The van der Waals surface area contributed by atoms with Gasteiger partial charge in [-0.25, -0.2) is 4.39 Å². The van der Waals surface area contributed by atoms with Crippen LogP contribution in [0.5, 0.6) is 0 Å². The minimum Gasteiger partial charge on any atom is -0.350 e. The van der Waals surface area contributed by atoms with Crippen molar-refractivity contribution in [3.63, 3.8) is 0 Å². The summed E-state index contributed by atoms with van der Waals surface area (Å²) in [6, 6.07) is 5.90.